The van der Waals surface area contributed by atoms with Gasteiger partial charge in [0.25, 0.3) is 10.0 Å². The number of carbonyl (C=O) groups is 1. The lowest BCUT2D eigenvalue weighted by Crippen LogP contribution is -2.29. The number of carbonyl (C=O) groups excluding carboxylic acids is 1. The van der Waals surface area contributed by atoms with Crippen molar-refractivity contribution >= 4 is 37.3 Å². The normalized spacial score (nSPS) is 16.4. The minimum atomic E-state index is -4.25. The van der Waals surface area contributed by atoms with Crippen LogP contribution in [0, 0.1) is 5.82 Å². The van der Waals surface area contributed by atoms with E-state index in [1.807, 2.05) is 0 Å². The molecule has 1 amide bonds. The van der Waals surface area contributed by atoms with Gasteiger partial charge in [0, 0.05) is 6.42 Å². The molecule has 1 aliphatic heterocycles. The van der Waals surface area contributed by atoms with Crippen LogP contribution in [0.1, 0.15) is 6.42 Å². The average molecular weight is 414 g/mol. The Morgan fingerprint density at radius 1 is 1.19 bits per heavy atom. The number of nitrogens with one attached hydrogen (secondary N) is 1. The Bertz CT molecular complexity index is 1120. The summed E-state index contributed by atoms with van der Waals surface area (Å²) in [4.78, 5) is 11.6. The number of methoxy groups -OCH3 is 1. The molecule has 0 radical (unpaired) electrons. The molecule has 3 rings (SSSR count). The number of benzene rings is 2. The Morgan fingerprint density at radius 3 is 2.52 bits per heavy atom. The average Bonchev–Trinajstić information content (AvgIpc) is 2.87. The molecule has 0 aromatic heterocycles. The van der Waals surface area contributed by atoms with Gasteiger partial charge in [-0.05, 0) is 36.4 Å². The van der Waals surface area contributed by atoms with Gasteiger partial charge in [-0.25, -0.2) is 25.5 Å². The first kappa shape index (κ1) is 19.1. The third-order valence-electron chi connectivity index (χ3n) is 3.83. The Morgan fingerprint density at radius 2 is 1.93 bits per heavy atom. The van der Waals surface area contributed by atoms with E-state index in [9.17, 15) is 26.0 Å². The highest BCUT2D eigenvalue weighted by Crippen LogP contribution is 2.33. The molecule has 2 aromatic carbocycles. The lowest BCUT2D eigenvalue weighted by molar-refractivity contribution is -0.116. The predicted molar refractivity (Wildman–Crippen MR) is 96.1 cm³/mol. The van der Waals surface area contributed by atoms with Crippen molar-refractivity contribution in [3.05, 3.63) is 48.3 Å². The van der Waals surface area contributed by atoms with Gasteiger partial charge in [-0.3, -0.25) is 9.52 Å². The number of halogens is 1. The molecule has 11 heteroatoms. The second-order valence-corrected chi connectivity index (χ2v) is 9.26. The summed E-state index contributed by atoms with van der Waals surface area (Å²) in [5, 5.41) is 0. The zero-order valence-corrected chi connectivity index (χ0v) is 15.7. The van der Waals surface area contributed by atoms with Gasteiger partial charge in [0.2, 0.25) is 15.9 Å². The third-order valence-corrected chi connectivity index (χ3v) is 6.92. The van der Waals surface area contributed by atoms with Gasteiger partial charge >= 0.3 is 0 Å². The maximum absolute atomic E-state index is 13.3. The summed E-state index contributed by atoms with van der Waals surface area (Å²) in [5.41, 5.74) is -0.134. The van der Waals surface area contributed by atoms with E-state index in [1.54, 1.807) is 0 Å². The first-order chi connectivity index (χ1) is 12.6. The fourth-order valence-corrected chi connectivity index (χ4v) is 5.32. The minimum Gasteiger partial charge on any atom is -0.495 e. The Kier molecular flexibility index (Phi) is 4.82. The molecule has 8 nitrogen and oxygen atoms in total. The Labute approximate surface area is 155 Å². The van der Waals surface area contributed by atoms with Crippen LogP contribution < -0.4 is 13.8 Å². The van der Waals surface area contributed by atoms with E-state index < -0.39 is 31.8 Å². The lowest BCUT2D eigenvalue weighted by atomic mass is 10.3. The largest absolute Gasteiger partial charge is 0.495 e. The van der Waals surface area contributed by atoms with Crippen molar-refractivity contribution in [3.8, 4) is 5.75 Å². The Balaban J connectivity index is 2.07. The van der Waals surface area contributed by atoms with Crippen molar-refractivity contribution in [1.29, 1.82) is 0 Å². The van der Waals surface area contributed by atoms with Gasteiger partial charge in [0.05, 0.1) is 24.2 Å². The van der Waals surface area contributed by atoms with E-state index in [0.29, 0.717) is 4.31 Å². The van der Waals surface area contributed by atoms with Crippen molar-refractivity contribution in [3.63, 3.8) is 0 Å². The van der Waals surface area contributed by atoms with Crippen LogP contribution in [-0.4, -0.2) is 35.6 Å². The summed E-state index contributed by atoms with van der Waals surface area (Å²) in [7, 11) is -6.87. The van der Waals surface area contributed by atoms with E-state index >= 15 is 0 Å². The summed E-state index contributed by atoms with van der Waals surface area (Å²) in [6, 6.07) is 8.38. The van der Waals surface area contributed by atoms with Gasteiger partial charge in [0.15, 0.2) is 0 Å². The smallest absolute Gasteiger partial charge is 0.265 e. The molecule has 0 unspecified atom stereocenters. The third kappa shape index (κ3) is 3.74. The fraction of sp³-hybridized carbons (Fsp3) is 0.188. The topological polar surface area (TPSA) is 110 Å². The molecule has 0 bridgehead atoms. The highest BCUT2D eigenvalue weighted by molar-refractivity contribution is 7.94. The van der Waals surface area contributed by atoms with Crippen LogP contribution >= 0.6 is 0 Å². The summed E-state index contributed by atoms with van der Waals surface area (Å²) in [6.45, 7) is 0. The second kappa shape index (κ2) is 6.82. The van der Waals surface area contributed by atoms with Crippen molar-refractivity contribution in [2.75, 3.05) is 21.9 Å². The van der Waals surface area contributed by atoms with Crippen LogP contribution in [0.5, 0.6) is 5.75 Å². The lowest BCUT2D eigenvalue weighted by Gasteiger charge is -2.18. The van der Waals surface area contributed by atoms with E-state index in [2.05, 4.69) is 4.72 Å². The number of sulfonamides is 2. The summed E-state index contributed by atoms with van der Waals surface area (Å²) in [6.07, 6.45) is -0.183. The highest BCUT2D eigenvalue weighted by atomic mass is 32.2. The van der Waals surface area contributed by atoms with E-state index in [-0.39, 0.29) is 34.2 Å². The number of hydrogen-bond donors (Lipinski definition) is 1. The van der Waals surface area contributed by atoms with Gasteiger partial charge in [-0.2, -0.15) is 0 Å². The quantitative estimate of drug-likeness (QED) is 0.798. The van der Waals surface area contributed by atoms with Gasteiger partial charge in [-0.1, -0.05) is 6.07 Å². The molecule has 0 saturated carbocycles. The fourth-order valence-electron chi connectivity index (χ4n) is 2.63. The molecule has 0 atom stereocenters. The van der Waals surface area contributed by atoms with E-state index in [1.165, 1.54) is 31.4 Å². The molecule has 1 fully saturated rings. The van der Waals surface area contributed by atoms with Crippen molar-refractivity contribution in [2.24, 2.45) is 0 Å². The SMILES string of the molecule is COc1ccc(N2C(=O)CCS2(=O)=O)cc1S(=O)(=O)Nc1cccc(F)c1. The maximum Gasteiger partial charge on any atom is 0.265 e. The summed E-state index contributed by atoms with van der Waals surface area (Å²) in [5.74, 6) is -1.69. The standard InChI is InChI=1S/C16H15FN2O6S2/c1-25-14-6-5-13(19-16(20)7-8-26(19,21)22)10-15(14)27(23,24)18-12-4-2-3-11(17)9-12/h2-6,9-10,18H,7-8H2,1H3. The zero-order valence-electron chi connectivity index (χ0n) is 14.0. The van der Waals surface area contributed by atoms with Crippen molar-refractivity contribution < 1.29 is 30.8 Å². The molecule has 2 aromatic rings. The molecule has 0 spiro atoms. The van der Waals surface area contributed by atoms with Crippen LogP contribution in [0.2, 0.25) is 0 Å². The zero-order chi connectivity index (χ0) is 19.8. The molecule has 1 N–H and O–H groups in total. The molecular weight excluding hydrogens is 399 g/mol. The molecular formula is C16H15FN2O6S2. The summed E-state index contributed by atoms with van der Waals surface area (Å²) >= 11 is 0. The van der Waals surface area contributed by atoms with Crippen LogP contribution in [0.3, 0.4) is 0 Å². The van der Waals surface area contributed by atoms with Crippen molar-refractivity contribution in [2.45, 2.75) is 11.3 Å². The summed E-state index contributed by atoms with van der Waals surface area (Å²) < 4.78 is 70.8. The number of hydrogen-bond acceptors (Lipinski definition) is 6. The Hall–Kier alpha value is -2.66. The number of ether oxygens (including phenoxy) is 1. The van der Waals surface area contributed by atoms with Crippen LogP contribution in [0.25, 0.3) is 0 Å². The molecule has 1 aliphatic rings. The second-order valence-electron chi connectivity index (χ2n) is 5.68. The van der Waals surface area contributed by atoms with Crippen molar-refractivity contribution in [1.82, 2.24) is 0 Å². The monoisotopic (exact) mass is 414 g/mol. The van der Waals surface area contributed by atoms with E-state index in [4.69, 9.17) is 4.74 Å². The highest BCUT2D eigenvalue weighted by Gasteiger charge is 2.37. The first-order valence-corrected chi connectivity index (χ1v) is 10.8. The number of amides is 1. The molecule has 27 heavy (non-hydrogen) atoms. The molecule has 0 aliphatic carbocycles. The van der Waals surface area contributed by atoms with Gasteiger partial charge in [-0.15, -0.1) is 0 Å². The number of rotatable bonds is 5. The number of anilines is 2. The van der Waals surface area contributed by atoms with Crippen LogP contribution in [0.15, 0.2) is 47.4 Å². The molecule has 1 heterocycles. The van der Waals surface area contributed by atoms with E-state index in [0.717, 1.165) is 18.2 Å². The maximum atomic E-state index is 13.3. The number of nitrogens with zero attached hydrogens (tertiary/aromatic N) is 1. The van der Waals surface area contributed by atoms with Crippen LogP contribution in [-0.2, 0) is 24.8 Å². The first-order valence-electron chi connectivity index (χ1n) is 7.66. The molecule has 1 saturated heterocycles. The molecule has 144 valence electrons. The van der Waals surface area contributed by atoms with Crippen LogP contribution in [0.4, 0.5) is 15.8 Å². The predicted octanol–water partition coefficient (Wildman–Crippen LogP) is 1.70. The minimum absolute atomic E-state index is 0.0210. The van der Waals surface area contributed by atoms with Gasteiger partial charge in [0.1, 0.15) is 16.5 Å². The van der Waals surface area contributed by atoms with Gasteiger partial charge < -0.3 is 4.74 Å².